The van der Waals surface area contributed by atoms with Gasteiger partial charge in [-0.05, 0) is 70.9 Å². The van der Waals surface area contributed by atoms with Crippen LogP contribution in [0.5, 0.6) is 0 Å². The van der Waals surface area contributed by atoms with Crippen LogP contribution in [0.15, 0.2) is 0 Å². The maximum atomic E-state index is 6.53. The van der Waals surface area contributed by atoms with Gasteiger partial charge in [-0.15, -0.1) is 0 Å². The summed E-state index contributed by atoms with van der Waals surface area (Å²) in [6.07, 6.45) is 3.59. The zero-order valence-corrected chi connectivity index (χ0v) is 17.1. The molecule has 134 valence electrons. The Morgan fingerprint density at radius 1 is 0.955 bits per heavy atom. The van der Waals surface area contributed by atoms with Crippen LogP contribution in [0, 0.1) is 17.3 Å². The molecule has 2 heteroatoms. The third-order valence-corrected chi connectivity index (χ3v) is 5.33. The number of hydrogen-bond donors (Lipinski definition) is 1. The van der Waals surface area contributed by atoms with Crippen LogP contribution in [0.1, 0.15) is 88.5 Å². The van der Waals surface area contributed by atoms with Gasteiger partial charge in [0.2, 0.25) is 0 Å². The summed E-state index contributed by atoms with van der Waals surface area (Å²) >= 11 is 0. The average Bonchev–Trinajstić information content (AvgIpc) is 2.31. The van der Waals surface area contributed by atoms with Crippen molar-refractivity contribution in [1.29, 1.82) is 0 Å². The molecule has 0 rings (SSSR count). The number of hydrogen-bond acceptors (Lipinski definition) is 2. The monoisotopic (exact) mass is 313 g/mol. The van der Waals surface area contributed by atoms with E-state index in [-0.39, 0.29) is 11.2 Å². The second-order valence-corrected chi connectivity index (χ2v) is 9.03. The first-order valence-electron chi connectivity index (χ1n) is 9.29. The summed E-state index contributed by atoms with van der Waals surface area (Å²) in [6, 6.07) is 0. The van der Waals surface area contributed by atoms with Gasteiger partial charge in [0.05, 0.1) is 11.2 Å². The van der Waals surface area contributed by atoms with Crippen LogP contribution in [-0.2, 0) is 4.74 Å². The standard InChI is InChI=1S/C20H43NO/c1-11-17(13-14-21-12-2)18(5,6)15-19(7,8)22-20(9,10)16(3)4/h16-17,21H,11-15H2,1-10H3. The van der Waals surface area contributed by atoms with Gasteiger partial charge in [-0.25, -0.2) is 0 Å². The summed E-state index contributed by atoms with van der Waals surface area (Å²) < 4.78 is 6.53. The SMILES string of the molecule is CCNCCC(CC)C(C)(C)CC(C)(C)OC(C)(C)C(C)C. The maximum Gasteiger partial charge on any atom is 0.0656 e. The Labute approximate surface area is 140 Å². The van der Waals surface area contributed by atoms with Crippen molar-refractivity contribution in [3.63, 3.8) is 0 Å². The molecule has 0 radical (unpaired) electrons. The smallest absolute Gasteiger partial charge is 0.0656 e. The molecule has 0 aromatic rings. The van der Waals surface area contributed by atoms with Gasteiger partial charge in [-0.1, -0.05) is 48.0 Å². The lowest BCUT2D eigenvalue weighted by molar-refractivity contribution is -0.160. The van der Waals surface area contributed by atoms with Crippen molar-refractivity contribution in [1.82, 2.24) is 5.32 Å². The molecule has 0 heterocycles. The van der Waals surface area contributed by atoms with Gasteiger partial charge in [-0.2, -0.15) is 0 Å². The van der Waals surface area contributed by atoms with Gasteiger partial charge < -0.3 is 10.1 Å². The van der Waals surface area contributed by atoms with Crippen molar-refractivity contribution in [2.75, 3.05) is 13.1 Å². The van der Waals surface area contributed by atoms with Gasteiger partial charge >= 0.3 is 0 Å². The van der Waals surface area contributed by atoms with Crippen LogP contribution >= 0.6 is 0 Å². The largest absolute Gasteiger partial charge is 0.369 e. The third kappa shape index (κ3) is 7.46. The minimum absolute atomic E-state index is 0.0783. The molecule has 1 atom stereocenters. The number of rotatable bonds is 11. The van der Waals surface area contributed by atoms with E-state index in [9.17, 15) is 0 Å². The second-order valence-electron chi connectivity index (χ2n) is 9.03. The molecule has 1 N–H and O–H groups in total. The fourth-order valence-electron chi connectivity index (χ4n) is 3.71. The molecule has 0 saturated carbocycles. The lowest BCUT2D eigenvalue weighted by Crippen LogP contribution is -2.44. The normalized spacial score (nSPS) is 15.4. The second kappa shape index (κ2) is 8.68. The quantitative estimate of drug-likeness (QED) is 0.497. The molecule has 2 nitrogen and oxygen atoms in total. The highest BCUT2D eigenvalue weighted by Gasteiger charge is 2.38. The zero-order valence-electron chi connectivity index (χ0n) is 17.1. The molecule has 0 amide bonds. The van der Waals surface area contributed by atoms with Crippen LogP contribution in [0.3, 0.4) is 0 Å². The van der Waals surface area contributed by atoms with Crippen LogP contribution in [0.2, 0.25) is 0 Å². The summed E-state index contributed by atoms with van der Waals surface area (Å²) in [7, 11) is 0. The van der Waals surface area contributed by atoms with Crippen LogP contribution in [-0.4, -0.2) is 24.3 Å². The van der Waals surface area contributed by atoms with E-state index in [0.29, 0.717) is 11.3 Å². The molecule has 0 saturated heterocycles. The van der Waals surface area contributed by atoms with Crippen molar-refractivity contribution in [2.24, 2.45) is 17.3 Å². The van der Waals surface area contributed by atoms with Gasteiger partial charge in [0, 0.05) is 0 Å². The van der Waals surface area contributed by atoms with Gasteiger partial charge in [0.25, 0.3) is 0 Å². The zero-order chi connectivity index (χ0) is 17.6. The fraction of sp³-hybridized carbons (Fsp3) is 1.00. The predicted octanol–water partition coefficient (Wildman–Crippen LogP) is 5.66. The molecule has 0 aromatic heterocycles. The van der Waals surface area contributed by atoms with E-state index in [0.717, 1.165) is 25.4 Å². The Balaban J connectivity index is 4.83. The topological polar surface area (TPSA) is 21.3 Å². The summed E-state index contributed by atoms with van der Waals surface area (Å²) in [4.78, 5) is 0. The summed E-state index contributed by atoms with van der Waals surface area (Å²) in [5.41, 5.74) is 0.120. The summed E-state index contributed by atoms with van der Waals surface area (Å²) in [5.74, 6) is 1.25. The molecule has 0 fully saturated rings. The van der Waals surface area contributed by atoms with E-state index in [2.05, 4.69) is 74.6 Å². The third-order valence-electron chi connectivity index (χ3n) is 5.33. The first kappa shape index (κ1) is 21.9. The van der Waals surface area contributed by atoms with Crippen molar-refractivity contribution in [3.05, 3.63) is 0 Å². The highest BCUT2D eigenvalue weighted by molar-refractivity contribution is 4.88. The molecule has 0 aliphatic carbocycles. The first-order chi connectivity index (χ1) is 9.88. The Morgan fingerprint density at radius 2 is 1.50 bits per heavy atom. The molecule has 0 aromatic carbocycles. The lowest BCUT2D eigenvalue weighted by Gasteiger charge is -2.45. The molecule has 22 heavy (non-hydrogen) atoms. The number of nitrogens with one attached hydrogen (secondary N) is 1. The van der Waals surface area contributed by atoms with E-state index >= 15 is 0 Å². The fourth-order valence-corrected chi connectivity index (χ4v) is 3.71. The van der Waals surface area contributed by atoms with E-state index < -0.39 is 0 Å². The highest BCUT2D eigenvalue weighted by atomic mass is 16.5. The van der Waals surface area contributed by atoms with Crippen molar-refractivity contribution >= 4 is 0 Å². The summed E-state index contributed by atoms with van der Waals surface area (Å²) in [5, 5.41) is 3.47. The van der Waals surface area contributed by atoms with Gasteiger partial charge in [-0.3, -0.25) is 0 Å². The van der Waals surface area contributed by atoms with Crippen molar-refractivity contribution in [3.8, 4) is 0 Å². The van der Waals surface area contributed by atoms with E-state index in [1.807, 2.05) is 0 Å². The van der Waals surface area contributed by atoms with Gasteiger partial charge in [0.1, 0.15) is 0 Å². The Morgan fingerprint density at radius 3 is 1.91 bits per heavy atom. The molecule has 0 bridgehead atoms. The molecule has 0 aliphatic heterocycles. The maximum absolute atomic E-state index is 6.53. The van der Waals surface area contributed by atoms with Crippen LogP contribution in [0.25, 0.3) is 0 Å². The molecule has 0 aliphatic rings. The van der Waals surface area contributed by atoms with E-state index in [1.54, 1.807) is 0 Å². The Hall–Kier alpha value is -0.0800. The Bertz CT molecular complexity index is 305. The summed E-state index contributed by atoms with van der Waals surface area (Å²) in [6.45, 7) is 25.0. The van der Waals surface area contributed by atoms with Crippen LogP contribution < -0.4 is 5.32 Å². The molecule has 0 spiro atoms. The lowest BCUT2D eigenvalue weighted by atomic mass is 9.69. The van der Waals surface area contributed by atoms with E-state index in [4.69, 9.17) is 4.74 Å². The number of ether oxygens (including phenoxy) is 1. The first-order valence-corrected chi connectivity index (χ1v) is 9.29. The molecular formula is C20H43NO. The van der Waals surface area contributed by atoms with Gasteiger partial charge in [0.15, 0.2) is 0 Å². The minimum Gasteiger partial charge on any atom is -0.369 e. The van der Waals surface area contributed by atoms with Crippen molar-refractivity contribution in [2.45, 2.75) is 99.7 Å². The Kier molecular flexibility index (Phi) is 8.65. The molecule has 1 unspecified atom stereocenters. The van der Waals surface area contributed by atoms with E-state index in [1.165, 1.54) is 12.8 Å². The molecular weight excluding hydrogens is 270 g/mol. The highest BCUT2D eigenvalue weighted by Crippen LogP contribution is 2.42. The van der Waals surface area contributed by atoms with Crippen molar-refractivity contribution < 1.29 is 4.74 Å². The predicted molar refractivity (Wildman–Crippen MR) is 99.4 cm³/mol. The minimum atomic E-state index is -0.0944. The average molecular weight is 314 g/mol. The van der Waals surface area contributed by atoms with Crippen LogP contribution in [0.4, 0.5) is 0 Å².